The molecule has 3 atom stereocenters. The van der Waals surface area contributed by atoms with Crippen molar-refractivity contribution in [1.29, 1.82) is 0 Å². The van der Waals surface area contributed by atoms with Gasteiger partial charge in [-0.2, -0.15) is 0 Å². The highest BCUT2D eigenvalue weighted by molar-refractivity contribution is 5.32. The fraction of sp³-hybridized carbons (Fsp3) is 0.286. The quantitative estimate of drug-likeness (QED) is 0.697. The van der Waals surface area contributed by atoms with Gasteiger partial charge in [-0.1, -0.05) is 72.8 Å². The van der Waals surface area contributed by atoms with Gasteiger partial charge >= 0.3 is 0 Å². The fourth-order valence-corrected chi connectivity index (χ4v) is 4.09. The Balaban J connectivity index is 1.55. The first-order valence-electron chi connectivity index (χ1n) is 8.02. The van der Waals surface area contributed by atoms with Crippen molar-refractivity contribution in [2.24, 2.45) is 17.8 Å². The minimum absolute atomic E-state index is 0.726. The van der Waals surface area contributed by atoms with Crippen molar-refractivity contribution >= 4 is 0 Å². The van der Waals surface area contributed by atoms with Gasteiger partial charge in [-0.05, 0) is 54.1 Å². The smallest absolute Gasteiger partial charge is 0.00888 e. The number of benzene rings is 2. The summed E-state index contributed by atoms with van der Waals surface area (Å²) in [6, 6.07) is 21.9. The molecule has 1 fully saturated rings. The third-order valence-electron chi connectivity index (χ3n) is 5.14. The summed E-state index contributed by atoms with van der Waals surface area (Å²) in [4.78, 5) is 0. The second kappa shape index (κ2) is 5.52. The molecule has 0 N–H and O–H groups in total. The normalized spacial score (nSPS) is 27.3. The third-order valence-corrected chi connectivity index (χ3v) is 5.14. The number of hydrogen-bond acceptors (Lipinski definition) is 0. The summed E-state index contributed by atoms with van der Waals surface area (Å²) in [6.07, 6.45) is 8.62. The lowest BCUT2D eigenvalue weighted by atomic mass is 9.76. The molecule has 2 aromatic rings. The van der Waals surface area contributed by atoms with E-state index in [0.29, 0.717) is 0 Å². The number of allylic oxidation sites excluding steroid dienone is 2. The topological polar surface area (TPSA) is 0 Å². The van der Waals surface area contributed by atoms with Crippen LogP contribution < -0.4 is 0 Å². The van der Waals surface area contributed by atoms with E-state index in [0.717, 1.165) is 24.2 Å². The Bertz CT molecular complexity index is 556. The Kier molecular flexibility index (Phi) is 3.39. The second-order valence-electron chi connectivity index (χ2n) is 6.42. The van der Waals surface area contributed by atoms with Crippen LogP contribution in [0.25, 0.3) is 0 Å². The summed E-state index contributed by atoms with van der Waals surface area (Å²) >= 11 is 0. The summed E-state index contributed by atoms with van der Waals surface area (Å²) in [5.41, 5.74) is 2.94. The molecule has 105 valence electrons. The van der Waals surface area contributed by atoms with Crippen LogP contribution in [-0.4, -0.2) is 0 Å². The van der Waals surface area contributed by atoms with Crippen LogP contribution in [0.4, 0.5) is 0 Å². The van der Waals surface area contributed by atoms with Crippen LogP contribution in [0, 0.1) is 23.7 Å². The lowest BCUT2D eigenvalue weighted by Crippen LogP contribution is -2.21. The van der Waals surface area contributed by atoms with Crippen LogP contribution in [0.15, 0.2) is 72.8 Å². The van der Waals surface area contributed by atoms with E-state index in [9.17, 15) is 0 Å². The number of rotatable bonds is 4. The molecule has 0 saturated heterocycles. The molecule has 2 aliphatic rings. The molecule has 0 heterocycles. The van der Waals surface area contributed by atoms with Gasteiger partial charge in [-0.3, -0.25) is 0 Å². The van der Waals surface area contributed by atoms with E-state index in [-0.39, 0.29) is 0 Å². The summed E-state index contributed by atoms with van der Waals surface area (Å²) in [7, 11) is 0. The molecule has 0 heteroatoms. The summed E-state index contributed by atoms with van der Waals surface area (Å²) in [5.74, 6) is 4.00. The van der Waals surface area contributed by atoms with E-state index < -0.39 is 0 Å². The molecule has 2 aliphatic carbocycles. The molecule has 2 aromatic carbocycles. The van der Waals surface area contributed by atoms with Crippen molar-refractivity contribution in [2.75, 3.05) is 0 Å². The lowest BCUT2D eigenvalue weighted by molar-refractivity contribution is 0.462. The molecule has 1 radical (unpaired) electrons. The molecule has 3 unspecified atom stereocenters. The van der Waals surface area contributed by atoms with Crippen LogP contribution in [0.5, 0.6) is 0 Å². The zero-order valence-corrected chi connectivity index (χ0v) is 12.3. The predicted octanol–water partition coefficient (Wildman–Crippen LogP) is 4.87. The highest BCUT2D eigenvalue weighted by atomic mass is 14.5. The number of hydrogen-bond donors (Lipinski definition) is 0. The van der Waals surface area contributed by atoms with E-state index >= 15 is 0 Å². The van der Waals surface area contributed by atoms with Gasteiger partial charge in [-0.25, -0.2) is 0 Å². The zero-order chi connectivity index (χ0) is 14.1. The predicted molar refractivity (Wildman–Crippen MR) is 87.8 cm³/mol. The molecule has 0 aromatic heterocycles. The highest BCUT2D eigenvalue weighted by Gasteiger charge is 2.44. The van der Waals surface area contributed by atoms with Crippen molar-refractivity contribution in [2.45, 2.75) is 19.3 Å². The standard InChI is InChI=1S/C21H21/c1-3-7-16(8-4-1)13-20-18-11-12-19(15-18)21(20)14-17-9-5-2-6-10-17/h1-12,18-20H,13-15H2. The average Bonchev–Trinajstić information content (AvgIpc) is 3.13. The molecule has 0 nitrogen and oxygen atoms in total. The van der Waals surface area contributed by atoms with Crippen molar-refractivity contribution in [1.82, 2.24) is 0 Å². The zero-order valence-electron chi connectivity index (χ0n) is 12.3. The Morgan fingerprint density at radius 3 is 2.14 bits per heavy atom. The second-order valence-corrected chi connectivity index (χ2v) is 6.42. The van der Waals surface area contributed by atoms with Crippen LogP contribution in [0.2, 0.25) is 0 Å². The van der Waals surface area contributed by atoms with Crippen LogP contribution in [-0.2, 0) is 12.8 Å². The van der Waals surface area contributed by atoms with Crippen molar-refractivity contribution < 1.29 is 0 Å². The van der Waals surface area contributed by atoms with Gasteiger partial charge in [0.1, 0.15) is 0 Å². The van der Waals surface area contributed by atoms with Crippen LogP contribution in [0.1, 0.15) is 17.5 Å². The molecule has 2 bridgehead atoms. The van der Waals surface area contributed by atoms with Gasteiger partial charge in [0, 0.05) is 0 Å². The fourth-order valence-electron chi connectivity index (χ4n) is 4.09. The maximum Gasteiger partial charge on any atom is -0.00888 e. The Labute approximate surface area is 127 Å². The number of fused-ring (bicyclic) bond motifs is 2. The van der Waals surface area contributed by atoms with Crippen molar-refractivity contribution in [3.63, 3.8) is 0 Å². The Morgan fingerprint density at radius 1 is 0.762 bits per heavy atom. The molecule has 0 amide bonds. The molecule has 4 rings (SSSR count). The molecule has 1 saturated carbocycles. The average molecular weight is 273 g/mol. The first-order chi connectivity index (χ1) is 10.4. The Hall–Kier alpha value is -1.82. The van der Waals surface area contributed by atoms with Gasteiger partial charge in [0.05, 0.1) is 0 Å². The van der Waals surface area contributed by atoms with E-state index in [2.05, 4.69) is 72.8 Å². The van der Waals surface area contributed by atoms with Gasteiger partial charge in [0.15, 0.2) is 0 Å². The summed E-state index contributed by atoms with van der Waals surface area (Å²) < 4.78 is 0. The third kappa shape index (κ3) is 2.55. The minimum Gasteiger partial charge on any atom is -0.0848 e. The van der Waals surface area contributed by atoms with E-state index in [1.807, 2.05) is 0 Å². The highest BCUT2D eigenvalue weighted by Crippen LogP contribution is 2.51. The monoisotopic (exact) mass is 273 g/mol. The van der Waals surface area contributed by atoms with Crippen molar-refractivity contribution in [3.8, 4) is 0 Å². The molecular weight excluding hydrogens is 252 g/mol. The van der Waals surface area contributed by atoms with Crippen LogP contribution >= 0.6 is 0 Å². The first kappa shape index (κ1) is 12.9. The largest absolute Gasteiger partial charge is 0.0848 e. The summed E-state index contributed by atoms with van der Waals surface area (Å²) in [6.45, 7) is 0. The van der Waals surface area contributed by atoms with Crippen molar-refractivity contribution in [3.05, 3.63) is 89.9 Å². The first-order valence-corrected chi connectivity index (χ1v) is 8.02. The summed E-state index contributed by atoms with van der Waals surface area (Å²) in [5, 5.41) is 0. The molecular formula is C21H21. The van der Waals surface area contributed by atoms with Gasteiger partial charge in [0.25, 0.3) is 0 Å². The van der Waals surface area contributed by atoms with Crippen LogP contribution in [0.3, 0.4) is 0 Å². The maximum absolute atomic E-state index is 2.47. The van der Waals surface area contributed by atoms with Gasteiger partial charge < -0.3 is 0 Å². The maximum atomic E-state index is 2.47. The lowest BCUT2D eigenvalue weighted by Gasteiger charge is -2.28. The molecule has 0 aliphatic heterocycles. The van der Waals surface area contributed by atoms with Gasteiger partial charge in [-0.15, -0.1) is 0 Å². The van der Waals surface area contributed by atoms with E-state index in [4.69, 9.17) is 0 Å². The SMILES string of the molecule is C1=CC2CC1[C](Cc1ccccc1)C2Cc1ccccc1. The van der Waals surface area contributed by atoms with Gasteiger partial charge in [0.2, 0.25) is 0 Å². The minimum atomic E-state index is 0.726. The van der Waals surface area contributed by atoms with E-state index in [1.54, 1.807) is 5.92 Å². The molecule has 21 heavy (non-hydrogen) atoms. The van der Waals surface area contributed by atoms with E-state index in [1.165, 1.54) is 24.0 Å². The molecule has 0 spiro atoms. The Morgan fingerprint density at radius 2 is 1.43 bits per heavy atom.